The molecular weight excluding hydrogens is 609 g/mol. The summed E-state index contributed by atoms with van der Waals surface area (Å²) in [5.41, 5.74) is 0. The third-order valence-corrected chi connectivity index (χ3v) is 9.23. The van der Waals surface area contributed by atoms with E-state index in [4.69, 9.17) is 18.9 Å². The van der Waals surface area contributed by atoms with Crippen LogP contribution < -0.4 is 18.9 Å². The molecule has 6 nitrogen and oxygen atoms in total. The van der Waals surface area contributed by atoms with Crippen LogP contribution in [0.5, 0.6) is 34.5 Å². The lowest BCUT2D eigenvalue weighted by Gasteiger charge is -2.17. The van der Waals surface area contributed by atoms with Crippen molar-refractivity contribution in [3.05, 3.63) is 24.3 Å². The third kappa shape index (κ3) is 17.5. The summed E-state index contributed by atoms with van der Waals surface area (Å²) in [5, 5.41) is 22.2. The standard InChI is InChI=1S/C40H66O6S/c1-5-9-13-17-21-25-43-35-29-33(30-36(39(35)41)44-26-22-18-14-10-6-2)47-34-31-37(45-27-23-19-15-11-7-3)40(42)38(32-34)46-28-24-20-16-12-8-4/h29-32,41-42H,5-28H2,1-4H3. The Kier molecular flexibility index (Phi) is 23.0. The largest absolute Gasteiger partial charge is 0.502 e. The van der Waals surface area contributed by atoms with Crippen LogP contribution in [0.15, 0.2) is 34.1 Å². The van der Waals surface area contributed by atoms with Crippen molar-refractivity contribution >= 4 is 11.8 Å². The fraction of sp³-hybridized carbons (Fsp3) is 0.700. The van der Waals surface area contributed by atoms with Crippen molar-refractivity contribution in [1.29, 1.82) is 0 Å². The van der Waals surface area contributed by atoms with Gasteiger partial charge in [0, 0.05) is 9.79 Å². The highest BCUT2D eigenvalue weighted by Crippen LogP contribution is 2.46. The van der Waals surface area contributed by atoms with Crippen LogP contribution in [0.2, 0.25) is 0 Å². The van der Waals surface area contributed by atoms with Crippen LogP contribution in [0.3, 0.4) is 0 Å². The van der Waals surface area contributed by atoms with E-state index < -0.39 is 0 Å². The zero-order valence-electron chi connectivity index (χ0n) is 30.2. The highest BCUT2D eigenvalue weighted by atomic mass is 32.2. The molecule has 2 rings (SSSR count). The Morgan fingerprint density at radius 2 is 0.617 bits per heavy atom. The van der Waals surface area contributed by atoms with Crippen molar-refractivity contribution in [2.45, 2.75) is 166 Å². The molecule has 0 fully saturated rings. The molecule has 0 aliphatic heterocycles. The summed E-state index contributed by atoms with van der Waals surface area (Å²) in [6.07, 6.45) is 22.7. The van der Waals surface area contributed by atoms with Crippen molar-refractivity contribution in [2.24, 2.45) is 0 Å². The van der Waals surface area contributed by atoms with Crippen LogP contribution in [0.4, 0.5) is 0 Å². The number of benzene rings is 2. The lowest BCUT2D eigenvalue weighted by Crippen LogP contribution is -2.02. The SMILES string of the molecule is CCCCCCCOc1cc(Sc2cc(OCCCCCCC)c(O)c(OCCCCCCC)c2)cc(OCCCCCCC)c1O. The summed E-state index contributed by atoms with van der Waals surface area (Å²) in [4.78, 5) is 1.76. The predicted molar refractivity (Wildman–Crippen MR) is 197 cm³/mol. The van der Waals surface area contributed by atoms with E-state index in [0.29, 0.717) is 49.4 Å². The minimum atomic E-state index is 0.0568. The maximum Gasteiger partial charge on any atom is 0.200 e. The first-order valence-corrected chi connectivity index (χ1v) is 19.8. The molecule has 0 aliphatic carbocycles. The predicted octanol–water partition coefficient (Wildman–Crippen LogP) is 12.6. The van der Waals surface area contributed by atoms with Gasteiger partial charge in [-0.25, -0.2) is 0 Å². The summed E-state index contributed by atoms with van der Waals surface area (Å²) < 4.78 is 24.5. The Bertz CT molecular complexity index is 917. The quantitative estimate of drug-likeness (QED) is 0.0798. The average molecular weight is 675 g/mol. The van der Waals surface area contributed by atoms with Gasteiger partial charge in [-0.3, -0.25) is 0 Å². The van der Waals surface area contributed by atoms with Crippen molar-refractivity contribution in [1.82, 2.24) is 0 Å². The molecule has 0 radical (unpaired) electrons. The molecule has 0 amide bonds. The zero-order chi connectivity index (χ0) is 34.0. The Morgan fingerprint density at radius 3 is 0.851 bits per heavy atom. The molecular formula is C40H66O6S. The van der Waals surface area contributed by atoms with Gasteiger partial charge in [0.15, 0.2) is 23.0 Å². The third-order valence-electron chi connectivity index (χ3n) is 8.28. The van der Waals surface area contributed by atoms with Crippen molar-refractivity contribution in [3.8, 4) is 34.5 Å². The molecule has 0 heterocycles. The number of phenolic OH excluding ortho intramolecular Hbond substituents is 2. The number of rotatable bonds is 30. The first kappa shape index (κ1) is 40.8. The molecule has 0 aliphatic rings. The minimum Gasteiger partial charge on any atom is -0.502 e. The molecule has 0 spiro atoms. The molecule has 2 aromatic carbocycles. The zero-order valence-corrected chi connectivity index (χ0v) is 31.0. The first-order chi connectivity index (χ1) is 23.0. The van der Waals surface area contributed by atoms with Gasteiger partial charge in [-0.15, -0.1) is 0 Å². The van der Waals surface area contributed by atoms with E-state index >= 15 is 0 Å². The van der Waals surface area contributed by atoms with Crippen molar-refractivity contribution in [2.75, 3.05) is 26.4 Å². The fourth-order valence-electron chi connectivity index (χ4n) is 5.36. The second-order valence-corrected chi connectivity index (χ2v) is 13.8. The Balaban J connectivity index is 2.24. The highest BCUT2D eigenvalue weighted by Gasteiger charge is 2.17. The van der Waals surface area contributed by atoms with E-state index in [-0.39, 0.29) is 11.5 Å². The Labute approximate surface area is 291 Å². The summed E-state index contributed by atoms with van der Waals surface area (Å²) >= 11 is 1.52. The highest BCUT2D eigenvalue weighted by molar-refractivity contribution is 7.99. The van der Waals surface area contributed by atoms with E-state index in [1.165, 1.54) is 88.8 Å². The van der Waals surface area contributed by atoms with Gasteiger partial charge < -0.3 is 29.2 Å². The number of unbranched alkanes of at least 4 members (excludes halogenated alkanes) is 16. The first-order valence-electron chi connectivity index (χ1n) is 19.0. The lowest BCUT2D eigenvalue weighted by atomic mass is 10.2. The summed E-state index contributed by atoms with van der Waals surface area (Å²) in [7, 11) is 0. The molecule has 0 saturated carbocycles. The van der Waals surface area contributed by atoms with Crippen molar-refractivity contribution in [3.63, 3.8) is 0 Å². The van der Waals surface area contributed by atoms with Gasteiger partial charge in [-0.05, 0) is 49.9 Å². The smallest absolute Gasteiger partial charge is 0.200 e. The fourth-order valence-corrected chi connectivity index (χ4v) is 6.30. The maximum atomic E-state index is 11.1. The molecule has 2 aromatic rings. The second-order valence-electron chi connectivity index (χ2n) is 12.7. The molecule has 7 heteroatoms. The van der Waals surface area contributed by atoms with Crippen LogP contribution in [-0.2, 0) is 0 Å². The normalized spacial score (nSPS) is 11.1. The number of hydrogen-bond donors (Lipinski definition) is 2. The molecule has 268 valence electrons. The van der Waals surface area contributed by atoms with Crippen molar-refractivity contribution < 1.29 is 29.2 Å². The maximum absolute atomic E-state index is 11.1. The van der Waals surface area contributed by atoms with Gasteiger partial charge >= 0.3 is 0 Å². The molecule has 47 heavy (non-hydrogen) atoms. The van der Waals surface area contributed by atoms with Crippen LogP contribution in [0.1, 0.15) is 156 Å². The van der Waals surface area contributed by atoms with Crippen LogP contribution in [0, 0.1) is 0 Å². The van der Waals surface area contributed by atoms with E-state index in [1.807, 2.05) is 24.3 Å². The van der Waals surface area contributed by atoms with Crippen LogP contribution in [0.25, 0.3) is 0 Å². The minimum absolute atomic E-state index is 0.0568. The number of hydrogen-bond acceptors (Lipinski definition) is 7. The van der Waals surface area contributed by atoms with Gasteiger partial charge in [0.05, 0.1) is 26.4 Å². The molecule has 0 saturated heterocycles. The molecule has 0 unspecified atom stereocenters. The number of phenols is 2. The molecule has 0 bridgehead atoms. The van der Waals surface area contributed by atoms with Crippen LogP contribution in [-0.4, -0.2) is 36.6 Å². The van der Waals surface area contributed by atoms with Gasteiger partial charge in [-0.1, -0.05) is 142 Å². The summed E-state index contributed by atoms with van der Waals surface area (Å²) in [5.74, 6) is 1.88. The van der Waals surface area contributed by atoms with Crippen LogP contribution >= 0.6 is 11.8 Å². The molecule has 0 aromatic heterocycles. The second kappa shape index (κ2) is 26.5. The van der Waals surface area contributed by atoms with E-state index in [9.17, 15) is 10.2 Å². The van der Waals surface area contributed by atoms with E-state index in [0.717, 1.165) is 61.2 Å². The molecule has 0 atom stereocenters. The lowest BCUT2D eigenvalue weighted by molar-refractivity contribution is 0.263. The Morgan fingerprint density at radius 1 is 0.383 bits per heavy atom. The molecule has 2 N–H and O–H groups in total. The monoisotopic (exact) mass is 674 g/mol. The number of aromatic hydroxyl groups is 2. The van der Waals surface area contributed by atoms with E-state index in [1.54, 1.807) is 0 Å². The summed E-state index contributed by atoms with van der Waals surface area (Å²) in [6, 6.07) is 7.54. The Hall–Kier alpha value is -2.41. The summed E-state index contributed by atoms with van der Waals surface area (Å²) in [6.45, 7) is 11.0. The van der Waals surface area contributed by atoms with Gasteiger partial charge in [0.1, 0.15) is 0 Å². The topological polar surface area (TPSA) is 77.4 Å². The number of ether oxygens (including phenoxy) is 4. The average Bonchev–Trinajstić information content (AvgIpc) is 3.07. The van der Waals surface area contributed by atoms with Gasteiger partial charge in [-0.2, -0.15) is 0 Å². The van der Waals surface area contributed by atoms with E-state index in [2.05, 4.69) is 27.7 Å². The van der Waals surface area contributed by atoms with Gasteiger partial charge in [0.2, 0.25) is 11.5 Å². The van der Waals surface area contributed by atoms with Gasteiger partial charge in [0.25, 0.3) is 0 Å².